The predicted octanol–water partition coefficient (Wildman–Crippen LogP) is 1.85. The van der Waals surface area contributed by atoms with E-state index in [4.69, 9.17) is 0 Å². The lowest BCUT2D eigenvalue weighted by Crippen LogP contribution is -2.33. The van der Waals surface area contributed by atoms with Crippen LogP contribution in [0, 0.1) is 0 Å². The first kappa shape index (κ1) is 16.2. The van der Waals surface area contributed by atoms with E-state index in [0.717, 1.165) is 36.5 Å². The minimum absolute atomic E-state index is 0.0286. The van der Waals surface area contributed by atoms with E-state index in [-0.39, 0.29) is 11.8 Å². The molecule has 1 N–H and O–H groups in total. The van der Waals surface area contributed by atoms with Crippen molar-refractivity contribution in [2.75, 3.05) is 18.0 Å². The molecule has 1 aromatic heterocycles. The molecule has 0 fully saturated rings. The summed E-state index contributed by atoms with van der Waals surface area (Å²) in [6.45, 7) is 4.50. The number of amides is 2. The molecule has 3 rings (SSSR count). The lowest BCUT2D eigenvalue weighted by Gasteiger charge is -2.29. The highest BCUT2D eigenvalue weighted by Gasteiger charge is 2.20. The van der Waals surface area contributed by atoms with Gasteiger partial charge in [-0.25, -0.2) is 4.98 Å². The van der Waals surface area contributed by atoms with Crippen LogP contribution in [0.5, 0.6) is 0 Å². The molecule has 0 saturated carbocycles. The van der Waals surface area contributed by atoms with Crippen molar-refractivity contribution < 1.29 is 9.59 Å². The van der Waals surface area contributed by atoms with Gasteiger partial charge in [0.1, 0.15) is 0 Å². The molecule has 1 aromatic carbocycles. The number of aryl methyl sites for hydroxylation is 1. The molecule has 2 aromatic rings. The van der Waals surface area contributed by atoms with Crippen LogP contribution in [0.1, 0.15) is 31.5 Å². The summed E-state index contributed by atoms with van der Waals surface area (Å²) in [6, 6.07) is 6.16. The number of anilines is 1. The maximum absolute atomic E-state index is 11.7. The Kier molecular flexibility index (Phi) is 4.64. The zero-order valence-corrected chi connectivity index (χ0v) is 14.1. The van der Waals surface area contributed by atoms with Gasteiger partial charge in [0.25, 0.3) is 0 Å². The van der Waals surface area contributed by atoms with Crippen molar-refractivity contribution >= 4 is 17.5 Å². The van der Waals surface area contributed by atoms with Crippen LogP contribution in [-0.4, -0.2) is 34.5 Å². The summed E-state index contributed by atoms with van der Waals surface area (Å²) >= 11 is 0. The summed E-state index contributed by atoms with van der Waals surface area (Å²) in [5.74, 6) is 0.0609. The van der Waals surface area contributed by atoms with Crippen LogP contribution in [0.2, 0.25) is 0 Å². The molecule has 0 spiro atoms. The van der Waals surface area contributed by atoms with Crippen molar-refractivity contribution in [2.45, 2.75) is 33.1 Å². The fraction of sp³-hybridized carbons (Fsp3) is 0.389. The van der Waals surface area contributed by atoms with E-state index in [1.54, 1.807) is 13.3 Å². The lowest BCUT2D eigenvalue weighted by molar-refractivity contribution is -0.119. The molecule has 0 saturated heterocycles. The molecule has 2 heterocycles. The van der Waals surface area contributed by atoms with E-state index >= 15 is 0 Å². The van der Waals surface area contributed by atoms with Gasteiger partial charge in [-0.2, -0.15) is 0 Å². The standard InChI is InChI=1S/C18H22N4O2/c1-13(23)19-8-7-16-11-21(12-20-16)17-5-6-18-15(10-17)4-3-9-22(18)14(2)24/h5-6,10-12H,3-4,7-9H2,1-2H3,(H,19,23). The largest absolute Gasteiger partial charge is 0.356 e. The first-order valence-electron chi connectivity index (χ1n) is 8.23. The van der Waals surface area contributed by atoms with Crippen molar-refractivity contribution in [1.29, 1.82) is 0 Å². The number of nitrogens with zero attached hydrogens (tertiary/aromatic N) is 3. The Morgan fingerprint density at radius 2 is 2.12 bits per heavy atom. The average molecular weight is 326 g/mol. The highest BCUT2D eigenvalue weighted by molar-refractivity contribution is 5.93. The monoisotopic (exact) mass is 326 g/mol. The molecule has 6 heteroatoms. The van der Waals surface area contributed by atoms with Crippen LogP contribution in [-0.2, 0) is 22.4 Å². The van der Waals surface area contributed by atoms with Gasteiger partial charge in [0.05, 0.1) is 12.0 Å². The fourth-order valence-corrected chi connectivity index (χ4v) is 3.07. The normalized spacial score (nSPS) is 13.5. The van der Waals surface area contributed by atoms with Crippen LogP contribution >= 0.6 is 0 Å². The summed E-state index contributed by atoms with van der Waals surface area (Å²) in [4.78, 5) is 28.9. The smallest absolute Gasteiger partial charge is 0.223 e. The second-order valence-electron chi connectivity index (χ2n) is 6.09. The molecule has 6 nitrogen and oxygen atoms in total. The van der Waals surface area contributed by atoms with E-state index in [9.17, 15) is 9.59 Å². The number of hydrogen-bond donors (Lipinski definition) is 1. The third-order valence-electron chi connectivity index (χ3n) is 4.25. The van der Waals surface area contributed by atoms with Crippen LogP contribution in [0.4, 0.5) is 5.69 Å². The topological polar surface area (TPSA) is 67.2 Å². The second kappa shape index (κ2) is 6.86. The van der Waals surface area contributed by atoms with Crippen LogP contribution in [0.25, 0.3) is 5.69 Å². The van der Waals surface area contributed by atoms with Crippen molar-refractivity contribution in [3.05, 3.63) is 42.0 Å². The van der Waals surface area contributed by atoms with Crippen molar-refractivity contribution in [3.8, 4) is 5.69 Å². The molecule has 24 heavy (non-hydrogen) atoms. The third-order valence-corrected chi connectivity index (χ3v) is 4.25. The van der Waals surface area contributed by atoms with Gasteiger partial charge in [-0.15, -0.1) is 0 Å². The van der Waals surface area contributed by atoms with Gasteiger partial charge in [0.2, 0.25) is 11.8 Å². The Morgan fingerprint density at radius 1 is 1.29 bits per heavy atom. The summed E-state index contributed by atoms with van der Waals surface area (Å²) in [5.41, 5.74) is 4.19. The van der Waals surface area contributed by atoms with Gasteiger partial charge in [0.15, 0.2) is 0 Å². The minimum atomic E-state index is -0.0286. The Bertz CT molecular complexity index is 766. The number of aromatic nitrogens is 2. The maximum Gasteiger partial charge on any atom is 0.223 e. The molecular formula is C18H22N4O2. The minimum Gasteiger partial charge on any atom is -0.356 e. The number of imidazole rings is 1. The molecule has 0 bridgehead atoms. The zero-order valence-electron chi connectivity index (χ0n) is 14.1. The number of rotatable bonds is 4. The molecule has 2 amide bonds. The van der Waals surface area contributed by atoms with Gasteiger partial charge in [-0.3, -0.25) is 9.59 Å². The lowest BCUT2D eigenvalue weighted by atomic mass is 10.0. The number of nitrogens with one attached hydrogen (secondary N) is 1. The van der Waals surface area contributed by atoms with Gasteiger partial charge >= 0.3 is 0 Å². The predicted molar refractivity (Wildman–Crippen MR) is 92.3 cm³/mol. The van der Waals surface area contributed by atoms with E-state index in [1.165, 1.54) is 12.5 Å². The van der Waals surface area contributed by atoms with Gasteiger partial charge in [-0.05, 0) is 36.6 Å². The van der Waals surface area contributed by atoms with E-state index < -0.39 is 0 Å². The number of hydrogen-bond acceptors (Lipinski definition) is 3. The number of carbonyl (C=O) groups excluding carboxylic acids is 2. The van der Waals surface area contributed by atoms with Gasteiger partial charge in [0, 0.05) is 50.9 Å². The highest BCUT2D eigenvalue weighted by Crippen LogP contribution is 2.29. The Hall–Kier alpha value is -2.63. The summed E-state index contributed by atoms with van der Waals surface area (Å²) in [7, 11) is 0. The van der Waals surface area contributed by atoms with E-state index in [0.29, 0.717) is 13.0 Å². The quantitative estimate of drug-likeness (QED) is 0.932. The van der Waals surface area contributed by atoms with Crippen molar-refractivity contribution in [1.82, 2.24) is 14.9 Å². The van der Waals surface area contributed by atoms with Crippen molar-refractivity contribution in [2.24, 2.45) is 0 Å². The molecule has 0 radical (unpaired) electrons. The Labute approximate surface area is 141 Å². The molecule has 1 aliphatic rings. The molecule has 126 valence electrons. The summed E-state index contributed by atoms with van der Waals surface area (Å²) < 4.78 is 1.98. The van der Waals surface area contributed by atoms with Gasteiger partial charge < -0.3 is 14.8 Å². The number of carbonyl (C=O) groups is 2. The van der Waals surface area contributed by atoms with Gasteiger partial charge in [-0.1, -0.05) is 0 Å². The number of fused-ring (bicyclic) bond motifs is 1. The zero-order chi connectivity index (χ0) is 17.1. The SMILES string of the molecule is CC(=O)NCCc1cn(-c2ccc3c(c2)CCCN3C(C)=O)cn1. The molecule has 1 aliphatic heterocycles. The van der Waals surface area contributed by atoms with Crippen LogP contribution in [0.15, 0.2) is 30.7 Å². The third kappa shape index (κ3) is 3.48. The Morgan fingerprint density at radius 3 is 2.88 bits per heavy atom. The molecular weight excluding hydrogens is 304 g/mol. The van der Waals surface area contributed by atoms with Crippen molar-refractivity contribution in [3.63, 3.8) is 0 Å². The average Bonchev–Trinajstić information content (AvgIpc) is 3.02. The number of benzene rings is 1. The Balaban J connectivity index is 1.77. The van der Waals surface area contributed by atoms with Crippen LogP contribution in [0.3, 0.4) is 0 Å². The molecule has 0 unspecified atom stereocenters. The summed E-state index contributed by atoms with van der Waals surface area (Å²) in [6.07, 6.45) is 6.44. The van der Waals surface area contributed by atoms with Crippen LogP contribution < -0.4 is 10.2 Å². The molecule has 0 atom stereocenters. The van der Waals surface area contributed by atoms with E-state index in [2.05, 4.69) is 16.4 Å². The summed E-state index contributed by atoms with van der Waals surface area (Å²) in [5, 5.41) is 2.77. The second-order valence-corrected chi connectivity index (χ2v) is 6.09. The highest BCUT2D eigenvalue weighted by atomic mass is 16.2. The fourth-order valence-electron chi connectivity index (χ4n) is 3.07. The first-order chi connectivity index (χ1) is 11.5. The first-order valence-corrected chi connectivity index (χ1v) is 8.23. The maximum atomic E-state index is 11.7. The molecule has 0 aliphatic carbocycles. The van der Waals surface area contributed by atoms with E-state index in [1.807, 2.05) is 27.8 Å².